The number of thioether (sulfide) groups is 1. The lowest BCUT2D eigenvalue weighted by Gasteiger charge is -2.61. The Morgan fingerprint density at radius 2 is 1.43 bits per heavy atom. The van der Waals surface area contributed by atoms with E-state index in [1.807, 2.05) is 11.8 Å². The van der Waals surface area contributed by atoms with Gasteiger partial charge in [-0.2, -0.15) is 0 Å². The third kappa shape index (κ3) is 2.04. The third-order valence-corrected chi connectivity index (χ3v) is 9.08. The fourth-order valence-electron chi connectivity index (χ4n) is 6.56. The first-order valence-electron chi connectivity index (χ1n) is 8.84. The minimum Gasteiger partial charge on any atom is -0.469 e. The number of hydrogen-bond donors (Lipinski definition) is 0. The first kappa shape index (κ1) is 15.8. The summed E-state index contributed by atoms with van der Waals surface area (Å²) in [5.41, 5.74) is 0. The Balaban J connectivity index is 1.77. The summed E-state index contributed by atoms with van der Waals surface area (Å²) in [7, 11) is 2.88. The summed E-state index contributed by atoms with van der Waals surface area (Å²) in [6.45, 7) is 2.09. The molecule has 4 aliphatic carbocycles. The minimum atomic E-state index is -0.366. The molecule has 0 aromatic rings. The second-order valence-corrected chi connectivity index (χ2v) is 9.72. The van der Waals surface area contributed by atoms with E-state index in [0.717, 1.165) is 11.8 Å². The summed E-state index contributed by atoms with van der Waals surface area (Å²) in [5.74, 6) is 1.65. The highest BCUT2D eigenvalue weighted by Crippen LogP contribution is 2.70. The molecule has 3 atom stereocenters. The van der Waals surface area contributed by atoms with E-state index in [-0.39, 0.29) is 33.8 Å². The van der Waals surface area contributed by atoms with Gasteiger partial charge in [-0.25, -0.2) is 0 Å². The van der Waals surface area contributed by atoms with Crippen molar-refractivity contribution < 1.29 is 19.1 Å². The number of rotatable bonds is 2. The highest BCUT2D eigenvalue weighted by Gasteiger charge is 2.69. The van der Waals surface area contributed by atoms with Crippen molar-refractivity contribution in [1.29, 1.82) is 0 Å². The van der Waals surface area contributed by atoms with Crippen molar-refractivity contribution in [1.82, 2.24) is 0 Å². The molecule has 0 amide bonds. The summed E-state index contributed by atoms with van der Waals surface area (Å²) >= 11 is 1.91. The molecule has 1 heterocycles. The molecule has 0 aromatic heterocycles. The molecule has 1 saturated heterocycles. The van der Waals surface area contributed by atoms with Crippen molar-refractivity contribution in [2.45, 2.75) is 49.0 Å². The fourth-order valence-corrected chi connectivity index (χ4v) is 8.78. The maximum atomic E-state index is 12.7. The number of carbonyl (C=O) groups excluding carboxylic acids is 2. The molecule has 5 fully saturated rings. The standard InChI is InChI=1S/C18H26O4S/c1-9-14(16(19)21-2)15(17(20)22-3)18(23-9)12-5-10-4-11(7-12)8-13(18)6-10/h9-15H,4-8H2,1-3H3/t9-,10?,11?,12?,13?,14+,15-,18?/m0/s1. The van der Waals surface area contributed by atoms with Crippen LogP contribution in [0.25, 0.3) is 0 Å². The molecule has 128 valence electrons. The van der Waals surface area contributed by atoms with Gasteiger partial charge in [0.25, 0.3) is 0 Å². The summed E-state index contributed by atoms with van der Waals surface area (Å²) in [6, 6.07) is 0. The molecule has 4 bridgehead atoms. The molecule has 5 rings (SSSR count). The van der Waals surface area contributed by atoms with E-state index in [2.05, 4.69) is 6.92 Å². The third-order valence-electron chi connectivity index (χ3n) is 7.08. The summed E-state index contributed by atoms with van der Waals surface area (Å²) < 4.78 is 10.1. The van der Waals surface area contributed by atoms with Gasteiger partial charge in [0.2, 0.25) is 0 Å². The van der Waals surface area contributed by atoms with Gasteiger partial charge in [-0.05, 0) is 55.8 Å². The molecule has 5 heteroatoms. The Morgan fingerprint density at radius 3 is 1.91 bits per heavy atom. The average Bonchev–Trinajstić information content (AvgIpc) is 2.84. The molecular formula is C18H26O4S. The van der Waals surface area contributed by atoms with Crippen molar-refractivity contribution in [3.05, 3.63) is 0 Å². The van der Waals surface area contributed by atoms with E-state index in [0.29, 0.717) is 11.8 Å². The van der Waals surface area contributed by atoms with Gasteiger partial charge < -0.3 is 9.47 Å². The Labute approximate surface area is 142 Å². The van der Waals surface area contributed by atoms with Crippen molar-refractivity contribution in [3.63, 3.8) is 0 Å². The molecule has 1 spiro atoms. The van der Waals surface area contributed by atoms with Crippen molar-refractivity contribution in [2.24, 2.45) is 35.5 Å². The smallest absolute Gasteiger partial charge is 0.311 e. The van der Waals surface area contributed by atoms with E-state index >= 15 is 0 Å². The lowest BCUT2D eigenvalue weighted by atomic mass is 9.48. The zero-order chi connectivity index (χ0) is 16.4. The number of esters is 2. The van der Waals surface area contributed by atoms with Crippen LogP contribution in [-0.4, -0.2) is 36.2 Å². The molecule has 4 saturated carbocycles. The first-order valence-corrected chi connectivity index (χ1v) is 9.72. The van der Waals surface area contributed by atoms with Crippen molar-refractivity contribution in [2.75, 3.05) is 14.2 Å². The van der Waals surface area contributed by atoms with Crippen molar-refractivity contribution >= 4 is 23.7 Å². The van der Waals surface area contributed by atoms with Gasteiger partial charge in [0, 0.05) is 10.00 Å². The molecule has 0 aromatic carbocycles. The number of hydrogen-bond acceptors (Lipinski definition) is 5. The molecule has 0 unspecified atom stereocenters. The van der Waals surface area contributed by atoms with Crippen LogP contribution < -0.4 is 0 Å². The van der Waals surface area contributed by atoms with E-state index in [9.17, 15) is 9.59 Å². The molecule has 23 heavy (non-hydrogen) atoms. The molecule has 0 radical (unpaired) electrons. The fraction of sp³-hybridized carbons (Fsp3) is 0.889. The van der Waals surface area contributed by atoms with Crippen LogP contribution in [-0.2, 0) is 19.1 Å². The largest absolute Gasteiger partial charge is 0.469 e. The predicted octanol–water partition coefficient (Wildman–Crippen LogP) is 2.90. The average molecular weight is 338 g/mol. The topological polar surface area (TPSA) is 52.6 Å². The van der Waals surface area contributed by atoms with Gasteiger partial charge in [-0.1, -0.05) is 6.92 Å². The van der Waals surface area contributed by atoms with Crippen LogP contribution in [0.3, 0.4) is 0 Å². The van der Waals surface area contributed by atoms with Gasteiger partial charge in [-0.3, -0.25) is 9.59 Å². The number of carbonyl (C=O) groups is 2. The van der Waals surface area contributed by atoms with Crippen LogP contribution in [0.2, 0.25) is 0 Å². The molecule has 4 nitrogen and oxygen atoms in total. The SMILES string of the molecule is COC(=O)[C@@H]1[C@H](C)SC2(C3CC4CC(C3)CC2C4)[C@@H]1C(=O)OC. The monoisotopic (exact) mass is 338 g/mol. The van der Waals surface area contributed by atoms with Crippen LogP contribution in [0.15, 0.2) is 0 Å². The van der Waals surface area contributed by atoms with Gasteiger partial charge in [0.15, 0.2) is 0 Å². The maximum absolute atomic E-state index is 12.7. The normalized spacial score (nSPS) is 50.3. The zero-order valence-corrected chi connectivity index (χ0v) is 14.9. The second kappa shape index (κ2) is 5.40. The number of methoxy groups -OCH3 is 2. The quantitative estimate of drug-likeness (QED) is 0.725. The van der Waals surface area contributed by atoms with Crippen LogP contribution in [0, 0.1) is 35.5 Å². The minimum absolute atomic E-state index is 0.0984. The van der Waals surface area contributed by atoms with E-state index in [4.69, 9.17) is 9.47 Å². The zero-order valence-electron chi connectivity index (χ0n) is 14.1. The second-order valence-electron chi connectivity index (χ2n) is 8.03. The summed E-state index contributed by atoms with van der Waals surface area (Å²) in [6.07, 6.45) is 6.30. The van der Waals surface area contributed by atoms with Crippen LogP contribution in [0.4, 0.5) is 0 Å². The lowest BCUT2D eigenvalue weighted by Crippen LogP contribution is -2.60. The van der Waals surface area contributed by atoms with Gasteiger partial charge in [0.05, 0.1) is 26.1 Å². The summed E-state index contributed by atoms with van der Waals surface area (Å²) in [5, 5.41) is 0.115. The van der Waals surface area contributed by atoms with Crippen LogP contribution >= 0.6 is 11.8 Å². The van der Waals surface area contributed by atoms with Gasteiger partial charge in [0.1, 0.15) is 0 Å². The highest BCUT2D eigenvalue weighted by molar-refractivity contribution is 8.01. The molecule has 1 aliphatic heterocycles. The molecule has 5 aliphatic rings. The van der Waals surface area contributed by atoms with Gasteiger partial charge >= 0.3 is 11.9 Å². The van der Waals surface area contributed by atoms with E-state index < -0.39 is 0 Å². The maximum Gasteiger partial charge on any atom is 0.311 e. The predicted molar refractivity (Wildman–Crippen MR) is 87.8 cm³/mol. The highest BCUT2D eigenvalue weighted by atomic mass is 32.2. The Kier molecular flexibility index (Phi) is 3.71. The molecule has 0 N–H and O–H groups in total. The Bertz CT molecular complexity index is 503. The number of ether oxygens (including phenoxy) is 2. The summed E-state index contributed by atoms with van der Waals surface area (Å²) in [4.78, 5) is 25.2. The van der Waals surface area contributed by atoms with Crippen LogP contribution in [0.1, 0.15) is 39.0 Å². The van der Waals surface area contributed by atoms with E-state index in [1.54, 1.807) is 0 Å². The lowest BCUT2D eigenvalue weighted by molar-refractivity contribution is -0.163. The van der Waals surface area contributed by atoms with Gasteiger partial charge in [-0.15, -0.1) is 11.8 Å². The molecular weight excluding hydrogens is 312 g/mol. The Morgan fingerprint density at radius 1 is 0.913 bits per heavy atom. The van der Waals surface area contributed by atoms with Crippen LogP contribution in [0.5, 0.6) is 0 Å². The Hall–Kier alpha value is -0.710. The first-order chi connectivity index (χ1) is 11.0. The van der Waals surface area contributed by atoms with E-state index in [1.165, 1.54) is 46.3 Å². The van der Waals surface area contributed by atoms with Crippen molar-refractivity contribution in [3.8, 4) is 0 Å².